The number of methoxy groups -OCH3 is 1. The predicted octanol–water partition coefficient (Wildman–Crippen LogP) is 2.76. The lowest BCUT2D eigenvalue weighted by atomic mass is 9.56. The molecule has 0 aliphatic heterocycles. The first kappa shape index (κ1) is 33.3. The van der Waals surface area contributed by atoms with Crippen LogP contribution in [0.1, 0.15) is 84.5 Å². The van der Waals surface area contributed by atoms with Gasteiger partial charge in [-0.15, -0.1) is 0 Å². The predicted molar refractivity (Wildman–Crippen MR) is 143 cm³/mol. The van der Waals surface area contributed by atoms with E-state index >= 15 is 0 Å². The molecule has 4 rings (SSSR count). The van der Waals surface area contributed by atoms with Crippen LogP contribution in [0, 0.1) is 23.7 Å². The minimum atomic E-state index is -5.16. The van der Waals surface area contributed by atoms with Crippen LogP contribution in [0.2, 0.25) is 0 Å². The van der Waals surface area contributed by atoms with E-state index in [9.17, 15) is 40.8 Å². The van der Waals surface area contributed by atoms with E-state index in [4.69, 9.17) is 0 Å². The molecule has 0 spiro atoms. The van der Waals surface area contributed by atoms with Crippen LogP contribution in [0.25, 0.3) is 0 Å². The molecule has 41 heavy (non-hydrogen) atoms. The minimum Gasteiger partial charge on any atom is -0.469 e. The monoisotopic (exact) mass is 609 g/mol. The number of ketones is 1. The molecule has 10 nitrogen and oxygen atoms in total. The van der Waals surface area contributed by atoms with Crippen molar-refractivity contribution in [2.24, 2.45) is 23.7 Å². The van der Waals surface area contributed by atoms with Gasteiger partial charge in [0.1, 0.15) is 6.04 Å². The van der Waals surface area contributed by atoms with E-state index < -0.39 is 56.6 Å². The van der Waals surface area contributed by atoms with Crippen LogP contribution in [-0.2, 0) is 33.9 Å². The van der Waals surface area contributed by atoms with Crippen LogP contribution in [0.5, 0.6) is 0 Å². The maximum atomic E-state index is 13.8. The number of amides is 2. The number of ether oxygens (including phenoxy) is 1. The maximum absolute atomic E-state index is 13.8. The van der Waals surface area contributed by atoms with Crippen molar-refractivity contribution < 1.29 is 45.5 Å². The normalized spacial score (nSPS) is 26.9. The molecule has 234 valence electrons. The second-order valence-electron chi connectivity index (χ2n) is 12.3. The Morgan fingerprint density at radius 2 is 1.51 bits per heavy atom. The third-order valence-electron chi connectivity index (χ3n) is 8.72. The number of rotatable bonds is 15. The third kappa shape index (κ3) is 8.42. The second kappa shape index (κ2) is 13.4. The Balaban J connectivity index is 1.68. The number of Topliss-reactive ketones (excluding diaryl/α,β-unsaturated/α-hetero) is 1. The summed E-state index contributed by atoms with van der Waals surface area (Å²) < 4.78 is 73.3. The first-order valence-corrected chi connectivity index (χ1v) is 15.8. The Bertz CT molecular complexity index is 1060. The van der Waals surface area contributed by atoms with E-state index in [0.29, 0.717) is 43.4 Å². The molecule has 4 aliphatic carbocycles. The number of unbranched alkanes of at least 4 members (excludes halogenated alkanes) is 1. The summed E-state index contributed by atoms with van der Waals surface area (Å²) in [7, 11) is -2.82. The van der Waals surface area contributed by atoms with Crippen LogP contribution in [0.3, 0.4) is 0 Å². The first-order chi connectivity index (χ1) is 19.1. The quantitative estimate of drug-likeness (QED) is 0.191. The van der Waals surface area contributed by atoms with Crippen molar-refractivity contribution in [1.82, 2.24) is 15.4 Å². The van der Waals surface area contributed by atoms with Gasteiger partial charge in [-0.3, -0.25) is 19.2 Å². The lowest BCUT2D eigenvalue weighted by Gasteiger charge is -2.55. The Morgan fingerprint density at radius 1 is 0.951 bits per heavy atom. The number of carbonyl (C=O) groups excluding carboxylic acids is 4. The van der Waals surface area contributed by atoms with Gasteiger partial charge in [0.15, 0.2) is 0 Å². The van der Waals surface area contributed by atoms with Gasteiger partial charge in [0.05, 0.1) is 24.3 Å². The molecule has 0 heterocycles. The van der Waals surface area contributed by atoms with E-state index in [1.165, 1.54) is 21.0 Å². The van der Waals surface area contributed by atoms with Gasteiger partial charge in [0.25, 0.3) is 5.78 Å². The summed E-state index contributed by atoms with van der Waals surface area (Å²) in [6, 6.07) is -3.24. The topological polar surface area (TPSA) is 148 Å². The van der Waals surface area contributed by atoms with Crippen LogP contribution >= 0.6 is 0 Å². The van der Waals surface area contributed by atoms with Crippen LogP contribution in [-0.4, -0.2) is 68.6 Å². The zero-order valence-electron chi connectivity index (χ0n) is 23.8. The zero-order chi connectivity index (χ0) is 30.6. The number of nitrogens with one attached hydrogen (secondary N) is 3. The molecule has 2 amide bonds. The maximum Gasteiger partial charge on any atom is 0.452 e. The lowest BCUT2D eigenvalue weighted by molar-refractivity contribution is -0.175. The molecule has 4 aliphatic rings. The van der Waals surface area contributed by atoms with Gasteiger partial charge in [0.2, 0.25) is 21.8 Å². The van der Waals surface area contributed by atoms with Crippen molar-refractivity contribution in [2.75, 3.05) is 13.7 Å². The summed E-state index contributed by atoms with van der Waals surface area (Å²) in [5.74, 6) is -3.95. The van der Waals surface area contributed by atoms with Crippen molar-refractivity contribution in [3.63, 3.8) is 0 Å². The number of halogens is 3. The molecule has 0 radical (unpaired) electrons. The van der Waals surface area contributed by atoms with Crippen molar-refractivity contribution in [1.29, 1.82) is 0 Å². The third-order valence-corrected chi connectivity index (χ3v) is 11.0. The first-order valence-electron chi connectivity index (χ1n) is 14.3. The smallest absolute Gasteiger partial charge is 0.452 e. The molecule has 0 saturated heterocycles. The summed E-state index contributed by atoms with van der Waals surface area (Å²) >= 11 is 0. The Morgan fingerprint density at radius 3 is 2.00 bits per heavy atom. The SMILES string of the molecule is COC(=O)CCC(=O)NCCCCC(NS(=O)(=O)C12CC3CC(CC(C3)C1)C2)C(=O)NC(C(=O)C(F)(F)F)C(C)C. The number of sulfonamides is 1. The Hall–Kier alpha value is -2.22. The van der Waals surface area contributed by atoms with E-state index in [2.05, 4.69) is 20.1 Å². The largest absolute Gasteiger partial charge is 0.469 e. The number of hydrogen-bond acceptors (Lipinski definition) is 7. The van der Waals surface area contributed by atoms with Gasteiger partial charge in [-0.1, -0.05) is 13.8 Å². The number of hydrogen-bond donors (Lipinski definition) is 3. The highest BCUT2D eigenvalue weighted by Crippen LogP contribution is 2.58. The molecule has 0 aromatic heterocycles. The van der Waals surface area contributed by atoms with Crippen LogP contribution < -0.4 is 15.4 Å². The molecule has 2 atom stereocenters. The average Bonchev–Trinajstić information content (AvgIpc) is 2.87. The Kier molecular flexibility index (Phi) is 10.9. The molecular weight excluding hydrogens is 567 g/mol. The molecule has 14 heteroatoms. The molecule has 0 aromatic carbocycles. The van der Waals surface area contributed by atoms with Gasteiger partial charge >= 0.3 is 12.1 Å². The number of esters is 1. The van der Waals surface area contributed by atoms with Gasteiger partial charge < -0.3 is 15.4 Å². The molecule has 2 unspecified atom stereocenters. The van der Waals surface area contributed by atoms with Crippen molar-refractivity contribution in [3.05, 3.63) is 0 Å². The second-order valence-corrected chi connectivity index (χ2v) is 14.4. The summed E-state index contributed by atoms with van der Waals surface area (Å²) in [5.41, 5.74) is 0. The highest BCUT2D eigenvalue weighted by molar-refractivity contribution is 7.91. The van der Waals surface area contributed by atoms with Gasteiger partial charge in [0, 0.05) is 13.0 Å². The lowest BCUT2D eigenvalue weighted by Crippen LogP contribution is -2.61. The molecule has 3 N–H and O–H groups in total. The van der Waals surface area contributed by atoms with E-state index in [0.717, 1.165) is 19.3 Å². The molecule has 4 fully saturated rings. The fraction of sp³-hybridized carbons (Fsp3) is 0.852. The summed E-state index contributed by atoms with van der Waals surface area (Å²) in [6.45, 7) is 2.93. The summed E-state index contributed by atoms with van der Waals surface area (Å²) in [5, 5.41) is 4.79. The van der Waals surface area contributed by atoms with Crippen LogP contribution in [0.4, 0.5) is 13.2 Å². The Labute approximate surface area is 239 Å². The van der Waals surface area contributed by atoms with E-state index in [1.807, 2.05) is 0 Å². The number of carbonyl (C=O) groups is 4. The molecular formula is C27H42F3N3O7S. The van der Waals surface area contributed by atoms with Gasteiger partial charge in [-0.25, -0.2) is 13.1 Å². The minimum absolute atomic E-state index is 0.0412. The fourth-order valence-corrected chi connectivity index (χ4v) is 9.20. The van der Waals surface area contributed by atoms with E-state index in [-0.39, 0.29) is 38.1 Å². The summed E-state index contributed by atoms with van der Waals surface area (Å²) in [6.07, 6.45) is -0.233. The summed E-state index contributed by atoms with van der Waals surface area (Å²) in [4.78, 5) is 48.4. The van der Waals surface area contributed by atoms with Gasteiger partial charge in [-0.05, 0) is 81.5 Å². The van der Waals surface area contributed by atoms with Crippen molar-refractivity contribution in [3.8, 4) is 0 Å². The number of alkyl halides is 3. The van der Waals surface area contributed by atoms with Crippen molar-refractivity contribution in [2.45, 2.75) is 107 Å². The molecule has 4 saturated carbocycles. The van der Waals surface area contributed by atoms with Gasteiger partial charge in [-0.2, -0.15) is 13.2 Å². The van der Waals surface area contributed by atoms with Crippen molar-refractivity contribution >= 4 is 33.6 Å². The van der Waals surface area contributed by atoms with E-state index in [1.54, 1.807) is 0 Å². The standard InChI is InChI=1S/C27H42F3N3O7S/c1-16(2)23(24(36)27(28,29)30)32-25(37)20(6-4-5-9-31-21(34)7-8-22(35)40-3)33-41(38,39)26-13-17-10-18(14-26)12-19(11-17)15-26/h16-20,23,33H,4-15H2,1-3H3,(H,31,34)(H,32,37). The molecule has 0 aromatic rings. The average molecular weight is 610 g/mol. The zero-order valence-corrected chi connectivity index (χ0v) is 24.7. The molecule has 4 bridgehead atoms. The fourth-order valence-electron chi connectivity index (χ4n) is 6.99. The highest BCUT2D eigenvalue weighted by atomic mass is 32.2. The highest BCUT2D eigenvalue weighted by Gasteiger charge is 2.58. The van der Waals surface area contributed by atoms with Crippen LogP contribution in [0.15, 0.2) is 0 Å².